The largest absolute Gasteiger partial charge is 0.381 e. The van der Waals surface area contributed by atoms with Crippen molar-refractivity contribution in [1.82, 2.24) is 10.5 Å². The molecule has 2 aromatic rings. The van der Waals surface area contributed by atoms with E-state index in [-0.39, 0.29) is 11.7 Å². The Labute approximate surface area is 134 Å². The number of nitrogens with zero attached hydrogens (tertiary/aromatic N) is 1. The molecule has 0 spiro atoms. The number of rotatable bonds is 8. The minimum Gasteiger partial charge on any atom is -0.381 e. The topological polar surface area (TPSA) is 64.4 Å². The van der Waals surface area contributed by atoms with Crippen molar-refractivity contribution in [2.75, 3.05) is 19.8 Å². The van der Waals surface area contributed by atoms with Crippen LogP contribution < -0.4 is 5.32 Å². The summed E-state index contributed by atoms with van der Waals surface area (Å²) in [6, 6.07) is 5.89. The number of ether oxygens (including phenoxy) is 1. The molecule has 1 amide bonds. The Morgan fingerprint density at radius 2 is 2.22 bits per heavy atom. The fourth-order valence-electron chi connectivity index (χ4n) is 2.17. The molecular formula is C17H21FN2O3. The summed E-state index contributed by atoms with van der Waals surface area (Å²) in [5.74, 6) is -0.392. The lowest BCUT2D eigenvalue weighted by atomic mass is 10.1. The van der Waals surface area contributed by atoms with Crippen molar-refractivity contribution in [3.63, 3.8) is 0 Å². The number of carbonyl (C=O) groups is 1. The average molecular weight is 320 g/mol. The summed E-state index contributed by atoms with van der Waals surface area (Å²) < 4.78 is 23.9. The predicted molar refractivity (Wildman–Crippen MR) is 84.7 cm³/mol. The molecule has 1 aromatic heterocycles. The smallest absolute Gasteiger partial charge is 0.257 e. The van der Waals surface area contributed by atoms with Gasteiger partial charge in [0.05, 0.1) is 5.69 Å². The van der Waals surface area contributed by atoms with E-state index in [2.05, 4.69) is 10.5 Å². The van der Waals surface area contributed by atoms with Crippen molar-refractivity contribution in [1.29, 1.82) is 0 Å². The second kappa shape index (κ2) is 8.43. The standard InChI is InChI=1S/C17H21FN2O3/c1-3-9-22-10-5-8-19-17(21)15-12(2)20-23-16(15)13-6-4-7-14(18)11-13/h4,6-7,11H,3,5,8-10H2,1-2H3,(H,19,21). The number of halogens is 1. The van der Waals surface area contributed by atoms with E-state index in [0.29, 0.717) is 30.0 Å². The fraction of sp³-hybridized carbons (Fsp3) is 0.412. The molecule has 0 aliphatic carbocycles. The molecule has 0 aliphatic heterocycles. The highest BCUT2D eigenvalue weighted by Crippen LogP contribution is 2.26. The van der Waals surface area contributed by atoms with E-state index in [9.17, 15) is 9.18 Å². The van der Waals surface area contributed by atoms with Gasteiger partial charge in [0.1, 0.15) is 11.4 Å². The molecule has 1 aromatic carbocycles. The molecule has 0 saturated carbocycles. The number of amides is 1. The Morgan fingerprint density at radius 3 is 2.96 bits per heavy atom. The van der Waals surface area contributed by atoms with Gasteiger partial charge in [-0.1, -0.05) is 24.2 Å². The molecule has 5 nitrogen and oxygen atoms in total. The molecule has 0 unspecified atom stereocenters. The first-order valence-corrected chi connectivity index (χ1v) is 7.71. The summed E-state index contributed by atoms with van der Waals surface area (Å²) in [4.78, 5) is 12.3. The van der Waals surface area contributed by atoms with Gasteiger partial charge in [-0.25, -0.2) is 4.39 Å². The Kier molecular flexibility index (Phi) is 6.29. The number of aromatic nitrogens is 1. The van der Waals surface area contributed by atoms with Gasteiger partial charge in [0, 0.05) is 25.3 Å². The second-order valence-electron chi connectivity index (χ2n) is 5.20. The first-order valence-electron chi connectivity index (χ1n) is 7.71. The van der Waals surface area contributed by atoms with Crippen LogP contribution in [0.2, 0.25) is 0 Å². The Balaban J connectivity index is 2.02. The van der Waals surface area contributed by atoms with Gasteiger partial charge in [0.15, 0.2) is 5.76 Å². The zero-order valence-corrected chi connectivity index (χ0v) is 13.4. The van der Waals surface area contributed by atoms with Crippen LogP contribution in [0.15, 0.2) is 28.8 Å². The molecule has 0 radical (unpaired) electrons. The minimum absolute atomic E-state index is 0.279. The Bertz CT molecular complexity index is 655. The van der Waals surface area contributed by atoms with Crippen LogP contribution in [0, 0.1) is 12.7 Å². The normalized spacial score (nSPS) is 10.7. The summed E-state index contributed by atoms with van der Waals surface area (Å²) >= 11 is 0. The van der Waals surface area contributed by atoms with E-state index in [0.717, 1.165) is 19.4 Å². The van der Waals surface area contributed by atoms with Crippen molar-refractivity contribution in [3.05, 3.63) is 41.3 Å². The lowest BCUT2D eigenvalue weighted by molar-refractivity contribution is 0.0941. The van der Waals surface area contributed by atoms with Crippen molar-refractivity contribution in [2.24, 2.45) is 0 Å². The highest BCUT2D eigenvalue weighted by molar-refractivity contribution is 6.00. The number of hydrogen-bond acceptors (Lipinski definition) is 4. The first-order chi connectivity index (χ1) is 11.1. The highest BCUT2D eigenvalue weighted by atomic mass is 19.1. The van der Waals surface area contributed by atoms with Gasteiger partial charge in [-0.15, -0.1) is 0 Å². The number of benzene rings is 1. The van der Waals surface area contributed by atoms with Crippen LogP contribution in [-0.2, 0) is 4.74 Å². The van der Waals surface area contributed by atoms with E-state index >= 15 is 0 Å². The van der Waals surface area contributed by atoms with E-state index in [1.807, 2.05) is 6.92 Å². The minimum atomic E-state index is -0.393. The van der Waals surface area contributed by atoms with Gasteiger partial charge in [-0.05, 0) is 31.9 Å². The molecule has 1 N–H and O–H groups in total. The SMILES string of the molecule is CCCOCCCNC(=O)c1c(C)noc1-c1cccc(F)c1. The third-order valence-electron chi connectivity index (χ3n) is 3.28. The van der Waals surface area contributed by atoms with Crippen LogP contribution in [0.25, 0.3) is 11.3 Å². The summed E-state index contributed by atoms with van der Waals surface area (Å²) in [6.45, 7) is 5.56. The van der Waals surface area contributed by atoms with Crippen LogP contribution in [0.4, 0.5) is 4.39 Å². The number of hydrogen-bond donors (Lipinski definition) is 1. The maximum absolute atomic E-state index is 13.4. The van der Waals surface area contributed by atoms with Crippen molar-refractivity contribution >= 4 is 5.91 Å². The summed E-state index contributed by atoms with van der Waals surface area (Å²) in [6.07, 6.45) is 1.70. The van der Waals surface area contributed by atoms with E-state index < -0.39 is 5.82 Å². The molecule has 0 atom stereocenters. The zero-order valence-electron chi connectivity index (χ0n) is 13.4. The number of aryl methyl sites for hydroxylation is 1. The predicted octanol–water partition coefficient (Wildman–Crippen LogP) is 3.34. The van der Waals surface area contributed by atoms with Crippen molar-refractivity contribution in [3.8, 4) is 11.3 Å². The van der Waals surface area contributed by atoms with Gasteiger partial charge >= 0.3 is 0 Å². The molecule has 0 fully saturated rings. The summed E-state index contributed by atoms with van der Waals surface area (Å²) in [5.41, 5.74) is 1.30. The first kappa shape index (κ1) is 17.1. The summed E-state index contributed by atoms with van der Waals surface area (Å²) in [7, 11) is 0. The van der Waals surface area contributed by atoms with E-state index in [1.54, 1.807) is 19.1 Å². The fourth-order valence-corrected chi connectivity index (χ4v) is 2.17. The van der Waals surface area contributed by atoms with Crippen LogP contribution in [0.1, 0.15) is 35.8 Å². The second-order valence-corrected chi connectivity index (χ2v) is 5.20. The van der Waals surface area contributed by atoms with E-state index in [1.165, 1.54) is 12.1 Å². The van der Waals surface area contributed by atoms with Crippen LogP contribution in [0.5, 0.6) is 0 Å². The number of nitrogens with one attached hydrogen (secondary N) is 1. The summed E-state index contributed by atoms with van der Waals surface area (Å²) in [5, 5.41) is 6.64. The molecule has 0 saturated heterocycles. The maximum Gasteiger partial charge on any atom is 0.257 e. The van der Waals surface area contributed by atoms with Crippen LogP contribution in [0.3, 0.4) is 0 Å². The molecule has 1 heterocycles. The van der Waals surface area contributed by atoms with Crippen molar-refractivity contribution in [2.45, 2.75) is 26.7 Å². The molecule has 0 bridgehead atoms. The van der Waals surface area contributed by atoms with Gasteiger partial charge in [-0.3, -0.25) is 4.79 Å². The zero-order chi connectivity index (χ0) is 16.7. The van der Waals surface area contributed by atoms with Crippen LogP contribution >= 0.6 is 0 Å². The van der Waals surface area contributed by atoms with Gasteiger partial charge in [0.2, 0.25) is 0 Å². The molecule has 124 valence electrons. The lowest BCUT2D eigenvalue weighted by Crippen LogP contribution is -2.26. The average Bonchev–Trinajstić information content (AvgIpc) is 2.92. The molecule has 23 heavy (non-hydrogen) atoms. The third-order valence-corrected chi connectivity index (χ3v) is 3.28. The number of carbonyl (C=O) groups excluding carboxylic acids is 1. The monoisotopic (exact) mass is 320 g/mol. The van der Waals surface area contributed by atoms with Gasteiger partial charge in [-0.2, -0.15) is 0 Å². The van der Waals surface area contributed by atoms with Gasteiger partial charge < -0.3 is 14.6 Å². The molecule has 6 heteroatoms. The Hall–Kier alpha value is -2.21. The molecular weight excluding hydrogens is 299 g/mol. The molecule has 2 rings (SSSR count). The van der Waals surface area contributed by atoms with Gasteiger partial charge in [0.25, 0.3) is 5.91 Å². The maximum atomic E-state index is 13.4. The van der Waals surface area contributed by atoms with Crippen LogP contribution in [-0.4, -0.2) is 30.8 Å². The van der Waals surface area contributed by atoms with Crippen molar-refractivity contribution < 1.29 is 18.4 Å². The quantitative estimate of drug-likeness (QED) is 0.758. The van der Waals surface area contributed by atoms with E-state index in [4.69, 9.17) is 9.26 Å². The highest BCUT2D eigenvalue weighted by Gasteiger charge is 2.21. The Morgan fingerprint density at radius 1 is 1.39 bits per heavy atom. The lowest BCUT2D eigenvalue weighted by Gasteiger charge is -2.06. The molecule has 0 aliphatic rings. The third kappa shape index (κ3) is 4.63.